The highest BCUT2D eigenvalue weighted by Gasteiger charge is 2.62. The molecule has 1 radical (unpaired) electrons. The minimum absolute atomic E-state index is 0.00669. The molecule has 6 nitrogen and oxygen atoms in total. The Morgan fingerprint density at radius 2 is 1.69 bits per heavy atom. The second-order valence-electron chi connectivity index (χ2n) is 15.3. The van der Waals surface area contributed by atoms with Crippen molar-refractivity contribution in [2.45, 2.75) is 141 Å². The standard InChI is InChI=1S/C33H55O6/c1-19(2)7-6-8-20(3)23-11-12-24-22-10-9-21-17-33(38,30-29(37)28(36)27(35)26(18-34)39-30)16-15-31(21,4)25(22)13-14-32(23,24)5/h9,19-20,22-30,34-37H,6-8,10-18H2,1-5H3/t20-,22?,23-,24?,25?,26-,27+,28+,29-,30?,31+,32-,33?/m1/s1. The number of hydrogen-bond donors (Lipinski definition) is 4. The van der Waals surface area contributed by atoms with Crippen molar-refractivity contribution in [3.8, 4) is 0 Å². The first-order valence-electron chi connectivity index (χ1n) is 16.1. The topological polar surface area (TPSA) is 110 Å². The summed E-state index contributed by atoms with van der Waals surface area (Å²) in [5.74, 6) is 4.41. The minimum Gasteiger partial charge on any atom is -0.394 e. The summed E-state index contributed by atoms with van der Waals surface area (Å²) in [6, 6.07) is 0. The monoisotopic (exact) mass is 547 g/mol. The fourth-order valence-corrected chi connectivity index (χ4v) is 10.5. The van der Waals surface area contributed by atoms with E-state index in [-0.39, 0.29) is 5.41 Å². The van der Waals surface area contributed by atoms with E-state index in [2.05, 4.69) is 40.7 Å². The molecule has 0 aromatic heterocycles. The molecule has 4 aliphatic carbocycles. The second-order valence-corrected chi connectivity index (χ2v) is 15.3. The first-order valence-corrected chi connectivity index (χ1v) is 16.1. The van der Waals surface area contributed by atoms with Crippen LogP contribution in [0, 0.1) is 46.3 Å². The number of aliphatic hydroxyl groups is 4. The third-order valence-electron chi connectivity index (χ3n) is 12.8. The third kappa shape index (κ3) is 4.97. The van der Waals surface area contributed by atoms with Crippen molar-refractivity contribution in [3.63, 3.8) is 0 Å². The van der Waals surface area contributed by atoms with Crippen LogP contribution in [0.15, 0.2) is 11.6 Å². The van der Waals surface area contributed by atoms with Gasteiger partial charge in [-0.25, -0.2) is 5.11 Å². The summed E-state index contributed by atoms with van der Waals surface area (Å²) in [4.78, 5) is 0. The summed E-state index contributed by atoms with van der Waals surface area (Å²) in [7, 11) is 0. The molecule has 4 fully saturated rings. The van der Waals surface area contributed by atoms with Gasteiger partial charge < -0.3 is 25.2 Å². The summed E-state index contributed by atoms with van der Waals surface area (Å²) in [6.07, 6.45) is 7.49. The molecule has 3 saturated carbocycles. The van der Waals surface area contributed by atoms with Gasteiger partial charge >= 0.3 is 0 Å². The van der Waals surface area contributed by atoms with Gasteiger partial charge in [-0.15, -0.1) is 0 Å². The Balaban J connectivity index is 1.32. The van der Waals surface area contributed by atoms with Crippen LogP contribution in [0.3, 0.4) is 0 Å². The highest BCUT2D eigenvalue weighted by atomic mass is 16.6. The van der Waals surface area contributed by atoms with Gasteiger partial charge in [0.25, 0.3) is 0 Å². The fraction of sp³-hybridized carbons (Fsp3) is 0.939. The molecule has 39 heavy (non-hydrogen) atoms. The summed E-state index contributed by atoms with van der Waals surface area (Å²) >= 11 is 0. The van der Waals surface area contributed by atoms with Crippen LogP contribution in [0.1, 0.15) is 105 Å². The Kier molecular flexibility index (Phi) is 8.43. The van der Waals surface area contributed by atoms with Gasteiger partial charge in [0.1, 0.15) is 36.1 Å². The van der Waals surface area contributed by atoms with Crippen LogP contribution in [0.25, 0.3) is 0 Å². The number of ether oxygens (including phenoxy) is 1. The van der Waals surface area contributed by atoms with Crippen molar-refractivity contribution >= 4 is 0 Å². The van der Waals surface area contributed by atoms with E-state index in [4.69, 9.17) is 4.74 Å². The predicted octanol–water partition coefficient (Wildman–Crippen LogP) is 5.04. The molecule has 5 aliphatic rings. The lowest BCUT2D eigenvalue weighted by atomic mass is 9.46. The molecule has 4 N–H and O–H groups in total. The van der Waals surface area contributed by atoms with Crippen LogP contribution in [-0.2, 0) is 9.84 Å². The quantitative estimate of drug-likeness (QED) is 0.334. The van der Waals surface area contributed by atoms with E-state index in [1.807, 2.05) is 0 Å². The van der Waals surface area contributed by atoms with Crippen molar-refractivity contribution < 1.29 is 30.3 Å². The highest BCUT2D eigenvalue weighted by Crippen LogP contribution is 2.68. The number of hydrogen-bond acceptors (Lipinski definition) is 5. The average molecular weight is 548 g/mol. The highest BCUT2D eigenvalue weighted by molar-refractivity contribution is 5.28. The van der Waals surface area contributed by atoms with Gasteiger partial charge in [0.2, 0.25) is 0 Å². The number of aliphatic hydroxyl groups excluding tert-OH is 4. The van der Waals surface area contributed by atoms with Gasteiger partial charge in [0, 0.05) is 6.42 Å². The summed E-state index contributed by atoms with van der Waals surface area (Å²) in [5, 5.41) is 55.2. The Labute approximate surface area is 236 Å². The number of fused-ring (bicyclic) bond motifs is 5. The van der Waals surface area contributed by atoms with Gasteiger partial charge in [-0.3, -0.25) is 0 Å². The molecule has 0 bridgehead atoms. The average Bonchev–Trinajstić information content (AvgIpc) is 3.25. The summed E-state index contributed by atoms with van der Waals surface area (Å²) in [6.45, 7) is 11.7. The SMILES string of the molecule is CC(C)CCC[C@@H](C)[C@H]1CCC2C3CC=C4CC([O])(C5O[C@H](CO)[C@H](O)[C@H](O)[C@H]5O)CC[C@]4(C)C3CC[C@@]21C. The van der Waals surface area contributed by atoms with Crippen LogP contribution < -0.4 is 0 Å². The summed E-state index contributed by atoms with van der Waals surface area (Å²) < 4.78 is 5.79. The normalized spacial score (nSPS) is 50.6. The molecule has 5 rings (SSSR count). The molecule has 13 atom stereocenters. The smallest absolute Gasteiger partial charge is 0.136 e. The van der Waals surface area contributed by atoms with Gasteiger partial charge in [-0.2, -0.15) is 0 Å². The molecule has 0 aromatic rings. The maximum absolute atomic E-state index is 14.2. The van der Waals surface area contributed by atoms with Crippen molar-refractivity contribution in [3.05, 3.63) is 11.6 Å². The van der Waals surface area contributed by atoms with Gasteiger partial charge in [0.05, 0.1) is 6.61 Å². The number of allylic oxidation sites excluding steroid dienone is 1. The van der Waals surface area contributed by atoms with E-state index >= 15 is 0 Å². The predicted molar refractivity (Wildman–Crippen MR) is 150 cm³/mol. The lowest BCUT2D eigenvalue weighted by Crippen LogP contribution is -2.66. The van der Waals surface area contributed by atoms with Gasteiger partial charge in [0.15, 0.2) is 0 Å². The molecular formula is C33H55O6. The summed E-state index contributed by atoms with van der Waals surface area (Å²) in [5.41, 5.74) is 0.0435. The van der Waals surface area contributed by atoms with E-state index in [9.17, 15) is 25.5 Å². The Hall–Kier alpha value is -0.500. The molecule has 6 heteroatoms. The first-order chi connectivity index (χ1) is 18.4. The largest absolute Gasteiger partial charge is 0.394 e. The first kappa shape index (κ1) is 30.0. The molecule has 1 saturated heterocycles. The molecule has 1 aliphatic heterocycles. The van der Waals surface area contributed by atoms with Gasteiger partial charge in [-0.05, 0) is 91.3 Å². The second kappa shape index (κ2) is 11.0. The fourth-order valence-electron chi connectivity index (χ4n) is 10.5. The van der Waals surface area contributed by atoms with Crippen molar-refractivity contribution in [2.75, 3.05) is 6.61 Å². The molecule has 5 unspecified atom stereocenters. The molecule has 0 aromatic carbocycles. The van der Waals surface area contributed by atoms with Crippen LogP contribution >= 0.6 is 0 Å². The molecule has 0 spiro atoms. The maximum Gasteiger partial charge on any atom is 0.136 e. The van der Waals surface area contributed by atoms with E-state index < -0.39 is 42.7 Å². The molecule has 0 amide bonds. The van der Waals surface area contributed by atoms with Crippen LogP contribution in [0.2, 0.25) is 0 Å². The van der Waals surface area contributed by atoms with Crippen LogP contribution in [-0.4, -0.2) is 63.2 Å². The lowest BCUT2D eigenvalue weighted by Gasteiger charge is -2.60. The zero-order valence-corrected chi connectivity index (χ0v) is 25.0. The van der Waals surface area contributed by atoms with E-state index in [1.54, 1.807) is 0 Å². The third-order valence-corrected chi connectivity index (χ3v) is 12.8. The Morgan fingerprint density at radius 1 is 0.949 bits per heavy atom. The molecule has 1 heterocycles. The lowest BCUT2D eigenvalue weighted by molar-refractivity contribution is -0.285. The number of rotatable bonds is 7. The van der Waals surface area contributed by atoms with E-state index in [0.29, 0.717) is 30.1 Å². The van der Waals surface area contributed by atoms with E-state index in [1.165, 1.54) is 50.5 Å². The van der Waals surface area contributed by atoms with Crippen molar-refractivity contribution in [1.82, 2.24) is 0 Å². The Morgan fingerprint density at radius 3 is 2.38 bits per heavy atom. The van der Waals surface area contributed by atoms with Crippen molar-refractivity contribution in [1.29, 1.82) is 0 Å². The molecule has 223 valence electrons. The van der Waals surface area contributed by atoms with E-state index in [0.717, 1.165) is 36.5 Å². The van der Waals surface area contributed by atoms with Crippen LogP contribution in [0.4, 0.5) is 0 Å². The maximum atomic E-state index is 14.2. The zero-order valence-electron chi connectivity index (χ0n) is 25.0. The minimum atomic E-state index is -1.58. The van der Waals surface area contributed by atoms with Gasteiger partial charge in [-0.1, -0.05) is 65.5 Å². The van der Waals surface area contributed by atoms with Crippen LogP contribution in [0.5, 0.6) is 0 Å². The van der Waals surface area contributed by atoms with Crippen molar-refractivity contribution in [2.24, 2.45) is 46.3 Å². The zero-order chi connectivity index (χ0) is 28.3. The molecular weight excluding hydrogens is 492 g/mol. The Bertz CT molecular complexity index is 903.